The minimum absolute atomic E-state index is 0.315. The van der Waals surface area contributed by atoms with Crippen LogP contribution in [0.15, 0.2) is 87.3 Å². The lowest BCUT2D eigenvalue weighted by molar-refractivity contribution is 0.293. The summed E-state index contributed by atoms with van der Waals surface area (Å²) in [5, 5.41) is 14.1. The number of likely N-dealkylation sites (N-methyl/N-ethyl adjacent to an activating group) is 1. The molecule has 0 radical (unpaired) electrons. The molecule has 2 aromatic carbocycles. The van der Waals surface area contributed by atoms with E-state index in [-0.39, 0.29) is 0 Å². The van der Waals surface area contributed by atoms with Crippen molar-refractivity contribution >= 4 is 40.6 Å². The van der Waals surface area contributed by atoms with Crippen LogP contribution in [0.1, 0.15) is 98.0 Å². The fourth-order valence-corrected chi connectivity index (χ4v) is 7.80. The van der Waals surface area contributed by atoms with Gasteiger partial charge in [-0.1, -0.05) is 82.5 Å². The van der Waals surface area contributed by atoms with Crippen LogP contribution in [0.5, 0.6) is 0 Å². The van der Waals surface area contributed by atoms with Crippen molar-refractivity contribution in [2.75, 3.05) is 44.6 Å². The minimum Gasteiger partial charge on any atom is -0.388 e. The molecular weight excluding hydrogens is 699 g/mol. The van der Waals surface area contributed by atoms with Gasteiger partial charge in [0.2, 0.25) is 0 Å². The molecule has 7 nitrogen and oxygen atoms in total. The number of rotatable bonds is 26. The Hall–Kier alpha value is -5.14. The standard InChI is InChI=1S/C50H71N7/c1-13-16-23-37(6)57(15-3)43(12)44-24-21-25-47(38(44)7)53-28-20-18-17-19-22-36(5)51-29-31-56(14-2)32-30-52-41(10)50-39(8)49(55-42(50)11)34-45-40(9)54-48-27-26-35(4)33-46(45)48/h13,15,21,24-27,33-34,37,51-55H,1,3,5,9-10,12,14,16-20,22-23,28-32H2,2,4,6-8,11H3/b45-34+. The van der Waals surface area contributed by atoms with Gasteiger partial charge in [-0.15, -0.1) is 6.58 Å². The number of benzene rings is 2. The number of nitrogens with zero attached hydrogens (tertiary/aromatic N) is 2. The van der Waals surface area contributed by atoms with Crippen LogP contribution in [0, 0.1) is 27.7 Å². The smallest absolute Gasteiger partial charge is 0.0464 e. The molecule has 0 fully saturated rings. The number of anilines is 1. The second kappa shape index (κ2) is 22.0. The molecular formula is C50H71N7. The van der Waals surface area contributed by atoms with Crippen molar-refractivity contribution in [3.05, 3.63) is 137 Å². The van der Waals surface area contributed by atoms with E-state index in [2.05, 4.69) is 159 Å². The van der Waals surface area contributed by atoms with E-state index in [4.69, 9.17) is 0 Å². The minimum atomic E-state index is 0.315. The van der Waals surface area contributed by atoms with E-state index in [1.807, 2.05) is 12.3 Å². The fourth-order valence-electron chi connectivity index (χ4n) is 7.80. The van der Waals surface area contributed by atoms with Gasteiger partial charge in [-0.25, -0.2) is 0 Å². The molecule has 57 heavy (non-hydrogen) atoms. The van der Waals surface area contributed by atoms with Gasteiger partial charge in [0.1, 0.15) is 0 Å². The van der Waals surface area contributed by atoms with Crippen LogP contribution in [-0.2, 0) is 0 Å². The van der Waals surface area contributed by atoms with Crippen molar-refractivity contribution in [1.82, 2.24) is 30.4 Å². The third-order valence-electron chi connectivity index (χ3n) is 11.3. The number of nitrogens with one attached hydrogen (secondary N) is 5. The zero-order valence-corrected chi connectivity index (χ0v) is 36.1. The molecule has 0 aliphatic heterocycles. The highest BCUT2D eigenvalue weighted by Gasteiger charge is 2.17. The van der Waals surface area contributed by atoms with E-state index in [9.17, 15) is 0 Å². The van der Waals surface area contributed by atoms with Gasteiger partial charge in [-0.05, 0) is 115 Å². The monoisotopic (exact) mass is 770 g/mol. The summed E-state index contributed by atoms with van der Waals surface area (Å²) in [5.74, 6) is 0. The van der Waals surface area contributed by atoms with Gasteiger partial charge in [-0.3, -0.25) is 0 Å². The van der Waals surface area contributed by atoms with Crippen molar-refractivity contribution in [2.24, 2.45) is 0 Å². The Bertz CT molecular complexity index is 2110. The van der Waals surface area contributed by atoms with Crippen LogP contribution >= 0.6 is 0 Å². The Labute approximate surface area is 344 Å². The average molecular weight is 770 g/mol. The summed E-state index contributed by atoms with van der Waals surface area (Å²) in [6.45, 7) is 44.0. The van der Waals surface area contributed by atoms with E-state index in [1.165, 1.54) is 40.6 Å². The maximum Gasteiger partial charge on any atom is 0.0464 e. The van der Waals surface area contributed by atoms with E-state index in [0.717, 1.165) is 127 Å². The van der Waals surface area contributed by atoms with Crippen LogP contribution in [-0.4, -0.2) is 65.1 Å². The van der Waals surface area contributed by atoms with Gasteiger partial charge in [0.25, 0.3) is 0 Å². The van der Waals surface area contributed by atoms with Crippen molar-refractivity contribution in [3.8, 4) is 0 Å². The summed E-state index contributed by atoms with van der Waals surface area (Å²) in [7, 11) is 0. The third-order valence-corrected chi connectivity index (χ3v) is 11.3. The number of allylic oxidation sites excluding steroid dienone is 2. The summed E-state index contributed by atoms with van der Waals surface area (Å²) in [4.78, 5) is 11.7. The largest absolute Gasteiger partial charge is 0.388 e. The summed E-state index contributed by atoms with van der Waals surface area (Å²) in [5.41, 5.74) is 13.5. The Morgan fingerprint density at radius 1 is 0.877 bits per heavy atom. The first-order valence-electron chi connectivity index (χ1n) is 21.0. The topological polar surface area (TPSA) is 74.2 Å². The molecule has 0 aliphatic rings. The number of H-pyrrole nitrogens is 2. The lowest BCUT2D eigenvalue weighted by Gasteiger charge is -2.30. The van der Waals surface area contributed by atoms with Gasteiger partial charge < -0.3 is 35.7 Å². The maximum atomic E-state index is 4.43. The molecule has 306 valence electrons. The number of hydrogen-bond acceptors (Lipinski definition) is 5. The Morgan fingerprint density at radius 3 is 2.33 bits per heavy atom. The average Bonchev–Trinajstić information content (AvgIpc) is 3.65. The van der Waals surface area contributed by atoms with Crippen LogP contribution in [0.4, 0.5) is 5.69 Å². The molecule has 0 bridgehead atoms. The Kier molecular flexibility index (Phi) is 17.2. The van der Waals surface area contributed by atoms with Gasteiger partial charge in [0.15, 0.2) is 0 Å². The molecule has 0 saturated carbocycles. The normalized spacial score (nSPS) is 12.2. The van der Waals surface area contributed by atoms with Crippen molar-refractivity contribution in [3.63, 3.8) is 0 Å². The SMILES string of the molecule is C=CCCC(C)N(C=C)C(=C)c1cccc(NCCCCCCC(=C)NCCN(CC)CCNC(=C)c2c(C)[nH]c(/C=c3\c(=C)[nH]c4ccc(C)cc34)c2C)c1C. The molecule has 4 aromatic rings. The number of aryl methyl sites for hydroxylation is 2. The molecule has 0 spiro atoms. The van der Waals surface area contributed by atoms with Crippen LogP contribution in [0.25, 0.3) is 35.0 Å². The lowest BCUT2D eigenvalue weighted by Crippen LogP contribution is -2.36. The first-order chi connectivity index (χ1) is 27.4. The molecule has 2 heterocycles. The molecule has 0 saturated heterocycles. The number of fused-ring (bicyclic) bond motifs is 1. The number of aromatic nitrogens is 2. The highest BCUT2D eigenvalue weighted by molar-refractivity contribution is 5.83. The third kappa shape index (κ3) is 12.2. The second-order valence-corrected chi connectivity index (χ2v) is 15.6. The van der Waals surface area contributed by atoms with Gasteiger partial charge in [0, 0.05) is 106 Å². The van der Waals surface area contributed by atoms with Crippen LogP contribution in [0.2, 0.25) is 0 Å². The summed E-state index contributed by atoms with van der Waals surface area (Å²) in [6.07, 6.45) is 13.8. The van der Waals surface area contributed by atoms with Crippen molar-refractivity contribution in [2.45, 2.75) is 92.5 Å². The van der Waals surface area contributed by atoms with E-state index in [0.29, 0.717) is 6.04 Å². The van der Waals surface area contributed by atoms with E-state index < -0.39 is 0 Å². The maximum absolute atomic E-state index is 4.43. The second-order valence-electron chi connectivity index (χ2n) is 15.6. The molecule has 2 aromatic heterocycles. The Morgan fingerprint density at radius 2 is 1.61 bits per heavy atom. The zero-order valence-electron chi connectivity index (χ0n) is 36.1. The van der Waals surface area contributed by atoms with Gasteiger partial charge in [-0.2, -0.15) is 0 Å². The highest BCUT2D eigenvalue weighted by Crippen LogP contribution is 2.29. The number of aromatic amines is 2. The van der Waals surface area contributed by atoms with Crippen molar-refractivity contribution in [1.29, 1.82) is 0 Å². The van der Waals surface area contributed by atoms with E-state index >= 15 is 0 Å². The van der Waals surface area contributed by atoms with Crippen LogP contribution in [0.3, 0.4) is 0 Å². The first kappa shape index (κ1) is 44.6. The van der Waals surface area contributed by atoms with Crippen LogP contribution < -0.4 is 26.5 Å². The first-order valence-corrected chi connectivity index (χ1v) is 21.0. The quantitative estimate of drug-likeness (QED) is 0.0325. The molecule has 4 rings (SSSR count). The summed E-state index contributed by atoms with van der Waals surface area (Å²) in [6, 6.07) is 13.2. The molecule has 1 atom stereocenters. The van der Waals surface area contributed by atoms with Crippen molar-refractivity contribution < 1.29 is 0 Å². The number of unbranched alkanes of at least 4 members (excludes halogenated alkanes) is 3. The molecule has 0 aliphatic carbocycles. The highest BCUT2D eigenvalue weighted by atomic mass is 15.2. The molecule has 7 heteroatoms. The Balaban J connectivity index is 1.12. The zero-order chi connectivity index (χ0) is 41.5. The van der Waals surface area contributed by atoms with Gasteiger partial charge >= 0.3 is 0 Å². The predicted octanol–water partition coefficient (Wildman–Crippen LogP) is 9.79. The summed E-state index contributed by atoms with van der Waals surface area (Å²) < 4.78 is 0. The summed E-state index contributed by atoms with van der Waals surface area (Å²) >= 11 is 0. The molecule has 5 N–H and O–H groups in total. The lowest BCUT2D eigenvalue weighted by atomic mass is 10.0. The van der Waals surface area contributed by atoms with E-state index in [1.54, 1.807) is 0 Å². The predicted molar refractivity (Wildman–Crippen MR) is 251 cm³/mol. The fraction of sp³-hybridized carbons (Fsp3) is 0.400. The number of hydrogen-bond donors (Lipinski definition) is 5. The molecule has 0 amide bonds. The molecule has 1 unspecified atom stereocenters. The van der Waals surface area contributed by atoms with Gasteiger partial charge in [0.05, 0.1) is 0 Å².